The van der Waals surface area contributed by atoms with Gasteiger partial charge in [-0.15, -0.1) is 0 Å². The van der Waals surface area contributed by atoms with Crippen molar-refractivity contribution in [2.45, 2.75) is 13.0 Å². The van der Waals surface area contributed by atoms with Gasteiger partial charge in [-0.3, -0.25) is 24.6 Å². The van der Waals surface area contributed by atoms with Crippen molar-refractivity contribution >= 4 is 17.6 Å². The molecule has 1 aromatic carbocycles. The molecule has 106 valence electrons. The molecule has 2 amide bonds. The average molecular weight is 276 g/mol. The van der Waals surface area contributed by atoms with E-state index in [4.69, 9.17) is 4.74 Å². The first kappa shape index (κ1) is 14.2. The van der Waals surface area contributed by atoms with E-state index in [9.17, 15) is 14.4 Å². The van der Waals surface area contributed by atoms with Crippen LogP contribution in [0.2, 0.25) is 0 Å². The number of nitrogens with zero attached hydrogens (tertiary/aromatic N) is 1. The van der Waals surface area contributed by atoms with Crippen molar-refractivity contribution in [1.29, 1.82) is 0 Å². The lowest BCUT2D eigenvalue weighted by Gasteiger charge is -2.30. The van der Waals surface area contributed by atoms with Gasteiger partial charge in [-0.05, 0) is 19.1 Å². The van der Waals surface area contributed by atoms with Crippen molar-refractivity contribution in [3.05, 3.63) is 29.8 Å². The summed E-state index contributed by atoms with van der Waals surface area (Å²) in [7, 11) is 1.49. The number of benzene rings is 1. The fourth-order valence-corrected chi connectivity index (χ4v) is 2.11. The number of carbonyl (C=O) groups excluding carboxylic acids is 3. The van der Waals surface area contributed by atoms with Crippen LogP contribution in [0.3, 0.4) is 0 Å². The Labute approximate surface area is 116 Å². The van der Waals surface area contributed by atoms with Crippen molar-refractivity contribution in [3.8, 4) is 5.75 Å². The Kier molecular flexibility index (Phi) is 4.14. The van der Waals surface area contributed by atoms with Gasteiger partial charge >= 0.3 is 0 Å². The Morgan fingerprint density at radius 2 is 2.10 bits per heavy atom. The lowest BCUT2D eigenvalue weighted by Crippen LogP contribution is -2.57. The highest BCUT2D eigenvalue weighted by atomic mass is 16.5. The molecule has 1 saturated heterocycles. The number of rotatable bonds is 4. The first-order valence-electron chi connectivity index (χ1n) is 6.27. The van der Waals surface area contributed by atoms with Crippen LogP contribution >= 0.6 is 0 Å². The molecular formula is C14H16N2O4. The maximum absolute atomic E-state index is 12.3. The summed E-state index contributed by atoms with van der Waals surface area (Å²) < 4.78 is 5.14. The quantitative estimate of drug-likeness (QED) is 0.629. The van der Waals surface area contributed by atoms with Crippen LogP contribution in [0.15, 0.2) is 24.3 Å². The fraction of sp³-hybridized carbons (Fsp3) is 0.357. The SMILES string of the molecule is COc1ccccc1C(=O)CN1CC(=O)NC(=O)C1C. The zero-order valence-corrected chi connectivity index (χ0v) is 11.4. The molecule has 2 rings (SSSR count). The minimum atomic E-state index is -0.508. The predicted octanol–water partition coefficient (Wildman–Crippen LogP) is 0.225. The summed E-state index contributed by atoms with van der Waals surface area (Å²) >= 11 is 0. The zero-order chi connectivity index (χ0) is 14.7. The van der Waals surface area contributed by atoms with E-state index < -0.39 is 6.04 Å². The van der Waals surface area contributed by atoms with E-state index in [0.29, 0.717) is 11.3 Å². The van der Waals surface area contributed by atoms with Crippen LogP contribution in [0, 0.1) is 0 Å². The van der Waals surface area contributed by atoms with Gasteiger partial charge in [0.1, 0.15) is 5.75 Å². The Bertz CT molecular complexity index is 556. The maximum atomic E-state index is 12.3. The predicted molar refractivity (Wildman–Crippen MR) is 71.5 cm³/mol. The molecule has 1 fully saturated rings. The third-order valence-electron chi connectivity index (χ3n) is 3.29. The third kappa shape index (κ3) is 2.85. The summed E-state index contributed by atoms with van der Waals surface area (Å²) in [6.07, 6.45) is 0. The van der Waals surface area contributed by atoms with Gasteiger partial charge in [0.2, 0.25) is 11.8 Å². The van der Waals surface area contributed by atoms with Gasteiger partial charge < -0.3 is 4.74 Å². The number of piperazine rings is 1. The number of ether oxygens (including phenoxy) is 1. The van der Waals surface area contributed by atoms with Gasteiger partial charge in [0.05, 0.1) is 31.8 Å². The fourth-order valence-electron chi connectivity index (χ4n) is 2.11. The number of ketones is 1. The topological polar surface area (TPSA) is 75.7 Å². The molecule has 6 heteroatoms. The summed E-state index contributed by atoms with van der Waals surface area (Å²) in [4.78, 5) is 36.7. The van der Waals surface area contributed by atoms with Gasteiger partial charge in [-0.1, -0.05) is 12.1 Å². The molecule has 0 spiro atoms. The Hall–Kier alpha value is -2.21. The molecule has 0 radical (unpaired) electrons. The number of nitrogens with one attached hydrogen (secondary N) is 1. The first-order chi connectivity index (χ1) is 9.52. The summed E-state index contributed by atoms with van der Waals surface area (Å²) in [5.41, 5.74) is 0.445. The summed E-state index contributed by atoms with van der Waals surface area (Å²) in [6.45, 7) is 1.70. The minimum Gasteiger partial charge on any atom is -0.496 e. The van der Waals surface area contributed by atoms with Gasteiger partial charge in [0.25, 0.3) is 0 Å². The van der Waals surface area contributed by atoms with E-state index in [-0.39, 0.29) is 30.7 Å². The van der Waals surface area contributed by atoms with E-state index in [1.54, 1.807) is 36.1 Å². The monoisotopic (exact) mass is 276 g/mol. The maximum Gasteiger partial charge on any atom is 0.243 e. The molecule has 1 N–H and O–H groups in total. The van der Waals surface area contributed by atoms with Crippen LogP contribution in [-0.2, 0) is 9.59 Å². The number of hydrogen-bond donors (Lipinski definition) is 1. The van der Waals surface area contributed by atoms with Crippen molar-refractivity contribution in [2.24, 2.45) is 0 Å². The molecular weight excluding hydrogens is 260 g/mol. The molecule has 0 aliphatic carbocycles. The molecule has 1 unspecified atom stereocenters. The smallest absolute Gasteiger partial charge is 0.243 e. The van der Waals surface area contributed by atoms with E-state index in [1.807, 2.05) is 0 Å². The number of imide groups is 1. The van der Waals surface area contributed by atoms with E-state index in [0.717, 1.165) is 0 Å². The van der Waals surface area contributed by atoms with E-state index in [2.05, 4.69) is 5.32 Å². The Morgan fingerprint density at radius 1 is 1.40 bits per heavy atom. The lowest BCUT2D eigenvalue weighted by atomic mass is 10.1. The van der Waals surface area contributed by atoms with Crippen molar-refractivity contribution in [1.82, 2.24) is 10.2 Å². The number of Topliss-reactive ketones (excluding diaryl/α,β-unsaturated/α-hetero) is 1. The van der Waals surface area contributed by atoms with Gasteiger partial charge in [-0.25, -0.2) is 0 Å². The Morgan fingerprint density at radius 3 is 2.80 bits per heavy atom. The minimum absolute atomic E-state index is 0.000694. The molecule has 1 heterocycles. The van der Waals surface area contributed by atoms with Crippen molar-refractivity contribution in [3.63, 3.8) is 0 Å². The molecule has 6 nitrogen and oxygen atoms in total. The van der Waals surface area contributed by atoms with E-state index >= 15 is 0 Å². The summed E-state index contributed by atoms with van der Waals surface area (Å²) in [6, 6.07) is 6.37. The van der Waals surface area contributed by atoms with Crippen LogP contribution in [0.4, 0.5) is 0 Å². The standard InChI is InChI=1S/C14H16N2O4/c1-9-14(19)15-13(18)8-16(9)7-11(17)10-5-3-4-6-12(10)20-2/h3-6,9H,7-8H2,1-2H3,(H,15,18,19). The highest BCUT2D eigenvalue weighted by molar-refractivity contribution is 6.03. The second-order valence-corrected chi connectivity index (χ2v) is 4.62. The van der Waals surface area contributed by atoms with Crippen LogP contribution in [-0.4, -0.2) is 48.7 Å². The largest absolute Gasteiger partial charge is 0.496 e. The van der Waals surface area contributed by atoms with Crippen LogP contribution < -0.4 is 10.1 Å². The highest BCUT2D eigenvalue weighted by Gasteiger charge is 2.31. The second kappa shape index (κ2) is 5.83. The number of para-hydroxylation sites is 1. The summed E-state index contributed by atoms with van der Waals surface area (Å²) in [5, 5.41) is 2.24. The van der Waals surface area contributed by atoms with Crippen LogP contribution in [0.5, 0.6) is 5.75 Å². The van der Waals surface area contributed by atoms with Gasteiger partial charge in [0.15, 0.2) is 5.78 Å². The highest BCUT2D eigenvalue weighted by Crippen LogP contribution is 2.18. The molecule has 1 aromatic rings. The molecule has 1 atom stereocenters. The first-order valence-corrected chi connectivity index (χ1v) is 6.27. The normalized spacial score (nSPS) is 19.6. The molecule has 0 bridgehead atoms. The summed E-state index contributed by atoms with van der Waals surface area (Å²) in [5.74, 6) is -0.468. The average Bonchev–Trinajstić information content (AvgIpc) is 2.44. The second-order valence-electron chi connectivity index (χ2n) is 4.62. The van der Waals surface area contributed by atoms with E-state index in [1.165, 1.54) is 7.11 Å². The molecule has 20 heavy (non-hydrogen) atoms. The molecule has 1 aliphatic rings. The number of methoxy groups -OCH3 is 1. The van der Waals surface area contributed by atoms with Gasteiger partial charge in [0, 0.05) is 0 Å². The van der Waals surface area contributed by atoms with Crippen LogP contribution in [0.25, 0.3) is 0 Å². The molecule has 0 aromatic heterocycles. The van der Waals surface area contributed by atoms with Crippen molar-refractivity contribution in [2.75, 3.05) is 20.2 Å². The third-order valence-corrected chi connectivity index (χ3v) is 3.29. The number of hydrogen-bond acceptors (Lipinski definition) is 5. The van der Waals surface area contributed by atoms with Crippen molar-refractivity contribution < 1.29 is 19.1 Å². The molecule has 0 saturated carbocycles. The van der Waals surface area contributed by atoms with Crippen LogP contribution in [0.1, 0.15) is 17.3 Å². The lowest BCUT2D eigenvalue weighted by molar-refractivity contribution is -0.139. The Balaban J connectivity index is 2.14. The zero-order valence-electron chi connectivity index (χ0n) is 11.4. The molecule has 1 aliphatic heterocycles. The number of amides is 2. The number of carbonyl (C=O) groups is 3. The van der Waals surface area contributed by atoms with Gasteiger partial charge in [-0.2, -0.15) is 0 Å².